The van der Waals surface area contributed by atoms with E-state index >= 15 is 0 Å². The predicted octanol–water partition coefficient (Wildman–Crippen LogP) is 2.86. The highest BCUT2D eigenvalue weighted by atomic mass is 31.2. The summed E-state index contributed by atoms with van der Waals surface area (Å²) in [6, 6.07) is 0. The van der Waals surface area contributed by atoms with Crippen molar-refractivity contribution in [1.82, 2.24) is 9.55 Å². The summed E-state index contributed by atoms with van der Waals surface area (Å²) in [6.07, 6.45) is 5.32. The fourth-order valence-electron chi connectivity index (χ4n) is 3.29. The Hall–Kier alpha value is -1.32. The van der Waals surface area contributed by atoms with Gasteiger partial charge in [0.2, 0.25) is 5.82 Å². The standard InChI is InChI=1S/C17H26FN2O7P/c1-2-3-4-5-6-7-8-24-28(23)25-11-14-13(27-28)9-15(26-14)20-10-12(18)16(21)19-17(20)22/h10,13-15H,2-9,11H2,1H3,(H,19,21,22)/t13-,14+,15+,28?/m0/s1. The van der Waals surface area contributed by atoms with E-state index < -0.39 is 43.3 Å². The molecule has 0 spiro atoms. The molecule has 2 fully saturated rings. The first-order chi connectivity index (χ1) is 13.4. The highest BCUT2D eigenvalue weighted by Gasteiger charge is 2.47. The van der Waals surface area contributed by atoms with Crippen LogP contribution in [0, 0.1) is 5.82 Å². The molecule has 2 aliphatic heterocycles. The third kappa shape index (κ3) is 5.18. The third-order valence-corrected chi connectivity index (χ3v) is 6.32. The van der Waals surface area contributed by atoms with Gasteiger partial charge >= 0.3 is 13.5 Å². The number of H-pyrrole nitrogens is 1. The number of halogens is 1. The van der Waals surface area contributed by atoms with Crippen molar-refractivity contribution in [2.45, 2.75) is 70.3 Å². The zero-order valence-corrected chi connectivity index (χ0v) is 16.7. The van der Waals surface area contributed by atoms with Crippen molar-refractivity contribution in [3.05, 3.63) is 32.9 Å². The van der Waals surface area contributed by atoms with Gasteiger partial charge in [-0.05, 0) is 6.42 Å². The molecule has 0 amide bonds. The van der Waals surface area contributed by atoms with Gasteiger partial charge in [-0.25, -0.2) is 9.36 Å². The highest BCUT2D eigenvalue weighted by molar-refractivity contribution is 7.48. The van der Waals surface area contributed by atoms with Gasteiger partial charge in [-0.3, -0.25) is 27.9 Å². The summed E-state index contributed by atoms with van der Waals surface area (Å²) in [7, 11) is -3.69. The number of nitrogens with zero attached hydrogens (tertiary/aromatic N) is 1. The molecule has 4 atom stereocenters. The SMILES string of the molecule is CCCCCCCCOP1(=O)OC[C@H]2O[C@@H](n3cc(F)c(=O)[nH]c3=O)C[C@@H]2O1. The van der Waals surface area contributed by atoms with Crippen molar-refractivity contribution in [3.8, 4) is 0 Å². The minimum Gasteiger partial charge on any atom is -0.349 e. The Labute approximate surface area is 161 Å². The van der Waals surface area contributed by atoms with Crippen LogP contribution in [-0.4, -0.2) is 35.0 Å². The van der Waals surface area contributed by atoms with Gasteiger partial charge in [-0.1, -0.05) is 39.0 Å². The Morgan fingerprint density at radius 2 is 2.00 bits per heavy atom. The Balaban J connectivity index is 1.52. The number of phosphoric ester groups is 1. The molecule has 0 radical (unpaired) electrons. The average molecular weight is 420 g/mol. The van der Waals surface area contributed by atoms with Crippen molar-refractivity contribution < 1.29 is 27.3 Å². The van der Waals surface area contributed by atoms with Gasteiger partial charge in [0, 0.05) is 6.42 Å². The van der Waals surface area contributed by atoms with Crippen LogP contribution in [-0.2, 0) is 22.9 Å². The third-order valence-electron chi connectivity index (χ3n) is 4.82. The first kappa shape index (κ1) is 21.4. The molecule has 3 rings (SSSR count). The summed E-state index contributed by atoms with van der Waals surface area (Å²) in [4.78, 5) is 24.9. The fourth-order valence-corrected chi connectivity index (χ4v) is 4.73. The van der Waals surface area contributed by atoms with Crippen molar-refractivity contribution in [2.75, 3.05) is 13.2 Å². The highest BCUT2D eigenvalue weighted by Crippen LogP contribution is 2.56. The molecule has 3 heterocycles. The summed E-state index contributed by atoms with van der Waals surface area (Å²) in [5.41, 5.74) is -1.89. The van der Waals surface area contributed by atoms with E-state index in [1.807, 2.05) is 4.98 Å². The van der Waals surface area contributed by atoms with Crippen LogP contribution in [0.25, 0.3) is 0 Å². The maximum Gasteiger partial charge on any atom is 0.475 e. The van der Waals surface area contributed by atoms with Gasteiger partial charge in [0.25, 0.3) is 5.56 Å². The predicted molar refractivity (Wildman–Crippen MR) is 97.6 cm³/mol. The summed E-state index contributed by atoms with van der Waals surface area (Å²) in [5.74, 6) is -1.09. The molecule has 1 unspecified atom stereocenters. The largest absolute Gasteiger partial charge is 0.475 e. The molecule has 158 valence electrons. The number of aromatic nitrogens is 2. The maximum absolute atomic E-state index is 13.5. The Morgan fingerprint density at radius 3 is 2.79 bits per heavy atom. The number of hydrogen-bond donors (Lipinski definition) is 1. The van der Waals surface area contributed by atoms with Gasteiger partial charge in [-0.2, -0.15) is 4.39 Å². The average Bonchev–Trinajstić information content (AvgIpc) is 3.06. The first-order valence-electron chi connectivity index (χ1n) is 9.66. The summed E-state index contributed by atoms with van der Waals surface area (Å²) >= 11 is 0. The van der Waals surface area contributed by atoms with Crippen LogP contribution in [0.2, 0.25) is 0 Å². The quantitative estimate of drug-likeness (QED) is 0.483. The normalized spacial score (nSPS) is 29.7. The molecule has 2 aliphatic rings. The van der Waals surface area contributed by atoms with Gasteiger partial charge < -0.3 is 4.74 Å². The number of aromatic amines is 1. The van der Waals surface area contributed by atoms with Crippen LogP contribution in [0.15, 0.2) is 15.8 Å². The van der Waals surface area contributed by atoms with Crippen LogP contribution >= 0.6 is 7.82 Å². The molecule has 0 aromatic carbocycles. The minimum atomic E-state index is -3.69. The van der Waals surface area contributed by atoms with Crippen molar-refractivity contribution in [1.29, 1.82) is 0 Å². The number of phosphoric acid groups is 1. The second kappa shape index (κ2) is 9.45. The minimum absolute atomic E-state index is 0.0183. The van der Waals surface area contributed by atoms with Crippen LogP contribution in [0.1, 0.15) is 58.1 Å². The van der Waals surface area contributed by atoms with Gasteiger partial charge in [0.15, 0.2) is 0 Å². The lowest BCUT2D eigenvalue weighted by Gasteiger charge is -2.29. The van der Waals surface area contributed by atoms with Gasteiger partial charge in [0.05, 0.1) is 19.4 Å². The Morgan fingerprint density at radius 1 is 1.25 bits per heavy atom. The molecule has 1 aromatic heterocycles. The topological polar surface area (TPSA) is 109 Å². The van der Waals surface area contributed by atoms with Gasteiger partial charge in [-0.15, -0.1) is 0 Å². The van der Waals surface area contributed by atoms with Crippen LogP contribution in [0.3, 0.4) is 0 Å². The second-order valence-electron chi connectivity index (χ2n) is 7.00. The monoisotopic (exact) mass is 420 g/mol. The molecule has 0 bridgehead atoms. The second-order valence-corrected chi connectivity index (χ2v) is 8.62. The maximum atomic E-state index is 13.5. The van der Waals surface area contributed by atoms with Crippen LogP contribution in [0.5, 0.6) is 0 Å². The Bertz CT molecular complexity index is 826. The fraction of sp³-hybridized carbons (Fsp3) is 0.765. The van der Waals surface area contributed by atoms with Gasteiger partial charge in [0.1, 0.15) is 18.4 Å². The van der Waals surface area contributed by atoms with Crippen LogP contribution < -0.4 is 11.2 Å². The van der Waals surface area contributed by atoms with E-state index in [9.17, 15) is 18.5 Å². The number of nitrogens with one attached hydrogen (secondary N) is 1. The zero-order chi connectivity index (χ0) is 20.1. The number of hydrogen-bond acceptors (Lipinski definition) is 7. The first-order valence-corrected chi connectivity index (χ1v) is 11.1. The number of rotatable bonds is 9. The molecule has 2 saturated heterocycles. The molecule has 1 N–H and O–H groups in total. The number of unbranched alkanes of at least 4 members (excludes halogenated alkanes) is 5. The molecule has 1 aromatic rings. The van der Waals surface area contributed by atoms with E-state index in [2.05, 4.69) is 6.92 Å². The molecule has 11 heteroatoms. The summed E-state index contributed by atoms with van der Waals surface area (Å²) in [6.45, 7) is 2.41. The van der Waals surface area contributed by atoms with Crippen molar-refractivity contribution in [3.63, 3.8) is 0 Å². The lowest BCUT2D eigenvalue weighted by Crippen LogP contribution is -2.34. The van der Waals surface area contributed by atoms with E-state index in [0.29, 0.717) is 0 Å². The number of ether oxygens (including phenoxy) is 1. The van der Waals surface area contributed by atoms with E-state index in [-0.39, 0.29) is 19.6 Å². The lowest BCUT2D eigenvalue weighted by molar-refractivity contribution is -0.0724. The van der Waals surface area contributed by atoms with Crippen molar-refractivity contribution in [2.24, 2.45) is 0 Å². The van der Waals surface area contributed by atoms with Crippen molar-refractivity contribution >= 4 is 7.82 Å². The smallest absolute Gasteiger partial charge is 0.349 e. The van der Waals surface area contributed by atoms with E-state index in [1.165, 1.54) is 19.3 Å². The summed E-state index contributed by atoms with van der Waals surface area (Å²) < 4.78 is 48.8. The summed E-state index contributed by atoms with van der Waals surface area (Å²) in [5, 5.41) is 0. The molecule has 9 nitrogen and oxygen atoms in total. The Kier molecular flexibility index (Phi) is 7.22. The number of fused-ring (bicyclic) bond motifs is 1. The van der Waals surface area contributed by atoms with E-state index in [4.69, 9.17) is 18.3 Å². The zero-order valence-electron chi connectivity index (χ0n) is 15.8. The molecule has 0 saturated carbocycles. The van der Waals surface area contributed by atoms with E-state index in [1.54, 1.807) is 0 Å². The lowest BCUT2D eigenvalue weighted by atomic mass is 10.1. The van der Waals surface area contributed by atoms with E-state index in [0.717, 1.165) is 30.0 Å². The van der Waals surface area contributed by atoms with Crippen LogP contribution in [0.4, 0.5) is 4.39 Å². The molecular weight excluding hydrogens is 394 g/mol. The molecule has 28 heavy (non-hydrogen) atoms. The molecule has 0 aliphatic carbocycles. The molecular formula is C17H26FN2O7P.